The number of para-hydroxylation sites is 1. The Kier molecular flexibility index (Phi) is 2.77. The SMILES string of the molecule is c1ccc2c(-c3nc4ccc5[nH]ncc5c4c4c3CCCC4)n[nH]c2c1. The molecule has 5 aromatic rings. The van der Waals surface area contributed by atoms with Gasteiger partial charge >= 0.3 is 0 Å². The van der Waals surface area contributed by atoms with Crippen LogP contribution in [-0.2, 0) is 12.8 Å². The Balaban J connectivity index is 1.75. The molecule has 5 nitrogen and oxygen atoms in total. The number of hydrogen-bond donors (Lipinski definition) is 2. The third kappa shape index (κ3) is 1.83. The first-order chi connectivity index (χ1) is 12.9. The van der Waals surface area contributed by atoms with Crippen molar-refractivity contribution < 1.29 is 0 Å². The number of H-pyrrole nitrogens is 2. The number of aromatic nitrogens is 5. The van der Waals surface area contributed by atoms with E-state index in [4.69, 9.17) is 4.98 Å². The molecular weight excluding hydrogens is 322 g/mol. The highest BCUT2D eigenvalue weighted by Gasteiger charge is 2.23. The van der Waals surface area contributed by atoms with Gasteiger partial charge in [0.25, 0.3) is 0 Å². The van der Waals surface area contributed by atoms with Gasteiger partial charge in [-0.2, -0.15) is 10.2 Å². The lowest BCUT2D eigenvalue weighted by atomic mass is 9.86. The summed E-state index contributed by atoms with van der Waals surface area (Å²) in [5.74, 6) is 0. The van der Waals surface area contributed by atoms with E-state index >= 15 is 0 Å². The van der Waals surface area contributed by atoms with Crippen molar-refractivity contribution in [1.29, 1.82) is 0 Å². The fourth-order valence-electron chi connectivity index (χ4n) is 4.39. The molecule has 0 amide bonds. The zero-order valence-corrected chi connectivity index (χ0v) is 14.2. The molecule has 0 unspecified atom stereocenters. The van der Waals surface area contributed by atoms with Crippen molar-refractivity contribution in [3.05, 3.63) is 53.7 Å². The maximum atomic E-state index is 5.09. The molecule has 126 valence electrons. The van der Waals surface area contributed by atoms with E-state index in [9.17, 15) is 0 Å². The molecule has 0 radical (unpaired) electrons. The van der Waals surface area contributed by atoms with Crippen LogP contribution in [-0.4, -0.2) is 25.4 Å². The van der Waals surface area contributed by atoms with Gasteiger partial charge in [0.1, 0.15) is 5.69 Å². The fourth-order valence-corrected chi connectivity index (χ4v) is 4.39. The molecule has 3 aromatic heterocycles. The number of aryl methyl sites for hydroxylation is 1. The number of nitrogens with one attached hydrogen (secondary N) is 2. The fraction of sp³-hybridized carbons (Fsp3) is 0.190. The molecule has 0 saturated carbocycles. The van der Waals surface area contributed by atoms with Gasteiger partial charge < -0.3 is 0 Å². The number of hydrogen-bond acceptors (Lipinski definition) is 3. The molecule has 2 aromatic carbocycles. The monoisotopic (exact) mass is 339 g/mol. The molecule has 0 aliphatic heterocycles. The second kappa shape index (κ2) is 5.14. The summed E-state index contributed by atoms with van der Waals surface area (Å²) in [4.78, 5) is 5.09. The minimum atomic E-state index is 0.966. The Labute approximate surface area is 149 Å². The quantitative estimate of drug-likeness (QED) is 0.471. The van der Waals surface area contributed by atoms with Crippen molar-refractivity contribution in [3.63, 3.8) is 0 Å². The van der Waals surface area contributed by atoms with Crippen LogP contribution in [0.2, 0.25) is 0 Å². The van der Waals surface area contributed by atoms with Gasteiger partial charge in [-0.3, -0.25) is 10.2 Å². The summed E-state index contributed by atoms with van der Waals surface area (Å²) < 4.78 is 0. The van der Waals surface area contributed by atoms with Crippen LogP contribution >= 0.6 is 0 Å². The molecule has 0 atom stereocenters. The van der Waals surface area contributed by atoms with Gasteiger partial charge in [0, 0.05) is 16.2 Å². The van der Waals surface area contributed by atoms with E-state index in [0.29, 0.717) is 0 Å². The predicted octanol–water partition coefficient (Wildman–Crippen LogP) is 4.53. The third-order valence-corrected chi connectivity index (χ3v) is 5.58. The summed E-state index contributed by atoms with van der Waals surface area (Å²) in [7, 11) is 0. The van der Waals surface area contributed by atoms with Crippen molar-refractivity contribution in [3.8, 4) is 11.4 Å². The number of fused-ring (bicyclic) bond motifs is 6. The molecule has 1 aliphatic rings. The van der Waals surface area contributed by atoms with Crippen LogP contribution in [0.4, 0.5) is 0 Å². The number of rotatable bonds is 1. The van der Waals surface area contributed by atoms with Crippen molar-refractivity contribution in [2.24, 2.45) is 0 Å². The normalized spacial score (nSPS) is 14.3. The highest BCUT2D eigenvalue weighted by Crippen LogP contribution is 2.38. The zero-order chi connectivity index (χ0) is 17.1. The standard InChI is InChI=1S/C21H17N5/c1-2-6-13-12(5-1)19-15-11-22-24-17(15)9-10-18(19)23-20(13)21-14-7-3-4-8-16(14)25-26-21/h3-4,7-11H,1-2,5-6H2,(H,22,24)(H,25,26). The minimum absolute atomic E-state index is 0.966. The molecule has 2 N–H and O–H groups in total. The van der Waals surface area contributed by atoms with Crippen LogP contribution in [0.25, 0.3) is 44.1 Å². The van der Waals surface area contributed by atoms with Crippen LogP contribution in [0.1, 0.15) is 24.0 Å². The van der Waals surface area contributed by atoms with E-state index in [2.05, 4.69) is 50.7 Å². The maximum absolute atomic E-state index is 5.09. The molecule has 3 heterocycles. The van der Waals surface area contributed by atoms with Gasteiger partial charge in [0.2, 0.25) is 0 Å². The molecule has 26 heavy (non-hydrogen) atoms. The van der Waals surface area contributed by atoms with Crippen LogP contribution < -0.4 is 0 Å². The first-order valence-corrected chi connectivity index (χ1v) is 9.11. The summed E-state index contributed by atoms with van der Waals surface area (Å²) in [5, 5.41) is 18.7. The van der Waals surface area contributed by atoms with E-state index in [1.807, 2.05) is 12.3 Å². The van der Waals surface area contributed by atoms with E-state index < -0.39 is 0 Å². The Hall–Kier alpha value is -3.21. The topological polar surface area (TPSA) is 70.2 Å². The van der Waals surface area contributed by atoms with Crippen LogP contribution in [0.3, 0.4) is 0 Å². The third-order valence-electron chi connectivity index (χ3n) is 5.58. The molecule has 1 aliphatic carbocycles. The molecular formula is C21H17N5. The maximum Gasteiger partial charge on any atom is 0.119 e. The lowest BCUT2D eigenvalue weighted by Gasteiger charge is -2.21. The first-order valence-electron chi connectivity index (χ1n) is 9.11. The highest BCUT2D eigenvalue weighted by molar-refractivity contribution is 6.08. The predicted molar refractivity (Wildman–Crippen MR) is 103 cm³/mol. The van der Waals surface area contributed by atoms with Gasteiger partial charge in [0.15, 0.2) is 0 Å². The first kappa shape index (κ1) is 14.0. The molecule has 0 fully saturated rings. The Morgan fingerprint density at radius 3 is 2.58 bits per heavy atom. The van der Waals surface area contributed by atoms with Crippen molar-refractivity contribution >= 4 is 32.7 Å². The molecule has 0 bridgehead atoms. The number of benzene rings is 2. The Morgan fingerprint density at radius 2 is 1.62 bits per heavy atom. The highest BCUT2D eigenvalue weighted by atomic mass is 15.1. The van der Waals surface area contributed by atoms with Crippen molar-refractivity contribution in [1.82, 2.24) is 25.4 Å². The molecule has 0 spiro atoms. The lowest BCUT2D eigenvalue weighted by molar-refractivity contribution is 0.689. The summed E-state index contributed by atoms with van der Waals surface area (Å²) in [6.07, 6.45) is 6.51. The van der Waals surface area contributed by atoms with E-state index in [1.54, 1.807) is 0 Å². The zero-order valence-electron chi connectivity index (χ0n) is 14.2. The number of pyridine rings is 1. The lowest BCUT2D eigenvalue weighted by Crippen LogP contribution is -2.08. The number of nitrogens with zero attached hydrogens (tertiary/aromatic N) is 3. The second-order valence-corrected chi connectivity index (χ2v) is 7.03. The van der Waals surface area contributed by atoms with Gasteiger partial charge in [-0.05, 0) is 55.0 Å². The second-order valence-electron chi connectivity index (χ2n) is 7.03. The Bertz CT molecular complexity index is 1290. The van der Waals surface area contributed by atoms with Crippen LogP contribution in [0.5, 0.6) is 0 Å². The summed E-state index contributed by atoms with van der Waals surface area (Å²) in [6.45, 7) is 0. The van der Waals surface area contributed by atoms with Crippen molar-refractivity contribution in [2.45, 2.75) is 25.7 Å². The van der Waals surface area contributed by atoms with Crippen LogP contribution in [0.15, 0.2) is 42.6 Å². The van der Waals surface area contributed by atoms with Gasteiger partial charge in [0.05, 0.1) is 28.4 Å². The average Bonchev–Trinajstić information content (AvgIpc) is 3.34. The average molecular weight is 339 g/mol. The van der Waals surface area contributed by atoms with Gasteiger partial charge in [-0.1, -0.05) is 18.2 Å². The number of aromatic amines is 2. The Morgan fingerprint density at radius 1 is 0.769 bits per heavy atom. The largest absolute Gasteiger partial charge is 0.278 e. The van der Waals surface area contributed by atoms with E-state index in [-0.39, 0.29) is 0 Å². The van der Waals surface area contributed by atoms with Gasteiger partial charge in [-0.15, -0.1) is 0 Å². The summed E-state index contributed by atoms with van der Waals surface area (Å²) in [5.41, 5.74) is 7.94. The van der Waals surface area contributed by atoms with E-state index in [0.717, 1.165) is 46.2 Å². The van der Waals surface area contributed by atoms with Crippen LogP contribution in [0, 0.1) is 0 Å². The van der Waals surface area contributed by atoms with E-state index in [1.165, 1.54) is 34.7 Å². The summed E-state index contributed by atoms with van der Waals surface area (Å²) >= 11 is 0. The minimum Gasteiger partial charge on any atom is -0.278 e. The molecule has 6 rings (SSSR count). The molecule has 0 saturated heterocycles. The van der Waals surface area contributed by atoms with Crippen molar-refractivity contribution in [2.75, 3.05) is 0 Å². The molecule has 5 heteroatoms. The smallest absolute Gasteiger partial charge is 0.119 e. The van der Waals surface area contributed by atoms with Gasteiger partial charge in [-0.25, -0.2) is 4.98 Å². The summed E-state index contributed by atoms with van der Waals surface area (Å²) in [6, 6.07) is 12.4.